The smallest absolute Gasteiger partial charge is 0.229 e. The van der Waals surface area contributed by atoms with Gasteiger partial charge in [-0.2, -0.15) is 4.98 Å². The van der Waals surface area contributed by atoms with Crippen molar-refractivity contribution in [1.82, 2.24) is 9.97 Å². The average Bonchev–Trinajstić information content (AvgIpc) is 2.67. The van der Waals surface area contributed by atoms with Gasteiger partial charge < -0.3 is 20.5 Å². The molecule has 0 fully saturated rings. The molecule has 3 aromatic rings. The van der Waals surface area contributed by atoms with E-state index in [0.717, 1.165) is 16.9 Å². The fraction of sp³-hybridized carbons (Fsp3) is 0.158. The minimum absolute atomic E-state index is 0.0154. The first-order chi connectivity index (χ1) is 12.7. The molecule has 0 atom stereocenters. The van der Waals surface area contributed by atoms with E-state index in [-0.39, 0.29) is 6.61 Å². The van der Waals surface area contributed by atoms with E-state index >= 15 is 0 Å². The summed E-state index contributed by atoms with van der Waals surface area (Å²) in [5.41, 5.74) is 2.48. The summed E-state index contributed by atoms with van der Waals surface area (Å²) in [5.74, 6) is 1.64. The van der Waals surface area contributed by atoms with Gasteiger partial charge in [-0.3, -0.25) is 0 Å². The van der Waals surface area contributed by atoms with Crippen molar-refractivity contribution < 1.29 is 9.84 Å². The molecule has 0 aliphatic carbocycles. The van der Waals surface area contributed by atoms with Gasteiger partial charge in [0.2, 0.25) is 5.95 Å². The van der Waals surface area contributed by atoms with Crippen LogP contribution >= 0.6 is 11.6 Å². The third-order valence-electron chi connectivity index (χ3n) is 3.62. The fourth-order valence-corrected chi connectivity index (χ4v) is 2.67. The fourth-order valence-electron chi connectivity index (χ4n) is 2.41. The summed E-state index contributed by atoms with van der Waals surface area (Å²) in [6, 6.07) is 17.0. The molecule has 134 valence electrons. The number of aliphatic hydroxyl groups is 1. The summed E-state index contributed by atoms with van der Waals surface area (Å²) in [6.07, 6.45) is 0. The Balaban J connectivity index is 1.93. The van der Waals surface area contributed by atoms with Crippen molar-refractivity contribution in [1.29, 1.82) is 0 Å². The third-order valence-corrected chi connectivity index (χ3v) is 3.92. The highest BCUT2D eigenvalue weighted by molar-refractivity contribution is 6.32. The number of aromatic nitrogens is 2. The molecule has 0 aliphatic rings. The van der Waals surface area contributed by atoms with Crippen molar-refractivity contribution in [3.8, 4) is 17.0 Å². The lowest BCUT2D eigenvalue weighted by molar-refractivity contribution is 0.311. The molecule has 2 aromatic carbocycles. The van der Waals surface area contributed by atoms with Gasteiger partial charge in [-0.25, -0.2) is 4.98 Å². The molecule has 7 heteroatoms. The summed E-state index contributed by atoms with van der Waals surface area (Å²) in [7, 11) is 1.57. The largest absolute Gasteiger partial charge is 0.495 e. The Bertz CT molecular complexity index is 875. The first-order valence-electron chi connectivity index (χ1n) is 8.09. The van der Waals surface area contributed by atoms with Crippen LogP contribution in [0.15, 0.2) is 54.6 Å². The first-order valence-corrected chi connectivity index (χ1v) is 8.47. The van der Waals surface area contributed by atoms with Crippen molar-refractivity contribution in [2.45, 2.75) is 0 Å². The molecule has 0 saturated heterocycles. The van der Waals surface area contributed by atoms with Crippen LogP contribution in [0.1, 0.15) is 0 Å². The number of anilines is 3. The Hall–Kier alpha value is -2.83. The van der Waals surface area contributed by atoms with E-state index in [0.29, 0.717) is 29.1 Å². The second-order valence-electron chi connectivity index (χ2n) is 5.45. The molecule has 6 nitrogen and oxygen atoms in total. The van der Waals surface area contributed by atoms with Crippen LogP contribution in [-0.2, 0) is 0 Å². The monoisotopic (exact) mass is 370 g/mol. The van der Waals surface area contributed by atoms with E-state index in [4.69, 9.17) is 21.4 Å². The number of benzene rings is 2. The number of ether oxygens (including phenoxy) is 1. The second-order valence-corrected chi connectivity index (χ2v) is 5.86. The zero-order chi connectivity index (χ0) is 18.4. The summed E-state index contributed by atoms with van der Waals surface area (Å²) in [6.45, 7) is 0.417. The number of hydrogen-bond acceptors (Lipinski definition) is 6. The van der Waals surface area contributed by atoms with Crippen LogP contribution in [0.4, 0.5) is 17.5 Å². The molecular weight excluding hydrogens is 352 g/mol. The minimum Gasteiger partial charge on any atom is -0.495 e. The van der Waals surface area contributed by atoms with Crippen molar-refractivity contribution in [2.75, 3.05) is 30.9 Å². The van der Waals surface area contributed by atoms with E-state index in [1.807, 2.05) is 42.5 Å². The van der Waals surface area contributed by atoms with Gasteiger partial charge in [-0.15, -0.1) is 0 Å². The molecule has 3 rings (SSSR count). The Morgan fingerprint density at radius 1 is 1.08 bits per heavy atom. The summed E-state index contributed by atoms with van der Waals surface area (Å²) in [5, 5.41) is 15.8. The maximum absolute atomic E-state index is 9.05. The van der Waals surface area contributed by atoms with E-state index in [1.54, 1.807) is 19.2 Å². The Kier molecular flexibility index (Phi) is 5.88. The van der Waals surface area contributed by atoms with Gasteiger partial charge in [-0.1, -0.05) is 41.9 Å². The lowest BCUT2D eigenvalue weighted by Gasteiger charge is -2.12. The van der Waals surface area contributed by atoms with Crippen molar-refractivity contribution in [2.24, 2.45) is 0 Å². The molecular formula is C19H19ClN4O2. The Morgan fingerprint density at radius 2 is 1.88 bits per heavy atom. The summed E-state index contributed by atoms with van der Waals surface area (Å²) >= 11 is 6.18. The van der Waals surface area contributed by atoms with Crippen LogP contribution in [0.25, 0.3) is 11.3 Å². The zero-order valence-electron chi connectivity index (χ0n) is 14.2. The number of halogens is 1. The topological polar surface area (TPSA) is 79.3 Å². The van der Waals surface area contributed by atoms with Gasteiger partial charge >= 0.3 is 0 Å². The van der Waals surface area contributed by atoms with Gasteiger partial charge in [0.1, 0.15) is 11.6 Å². The molecule has 0 spiro atoms. The zero-order valence-corrected chi connectivity index (χ0v) is 15.0. The van der Waals surface area contributed by atoms with Crippen molar-refractivity contribution in [3.05, 3.63) is 59.6 Å². The van der Waals surface area contributed by atoms with E-state index in [1.165, 1.54) is 0 Å². The highest BCUT2D eigenvalue weighted by Crippen LogP contribution is 2.29. The second kappa shape index (κ2) is 8.51. The van der Waals surface area contributed by atoms with Crippen molar-refractivity contribution in [3.63, 3.8) is 0 Å². The van der Waals surface area contributed by atoms with Crippen molar-refractivity contribution >= 4 is 29.1 Å². The van der Waals surface area contributed by atoms with E-state index < -0.39 is 0 Å². The van der Waals surface area contributed by atoms with Gasteiger partial charge in [0.25, 0.3) is 0 Å². The number of methoxy groups -OCH3 is 1. The van der Waals surface area contributed by atoms with Crippen LogP contribution in [0, 0.1) is 0 Å². The maximum Gasteiger partial charge on any atom is 0.229 e. The molecule has 26 heavy (non-hydrogen) atoms. The standard InChI is InChI=1S/C19H19ClN4O2/c1-26-17-8-7-14(11-15(17)20)22-19-23-16(13-5-3-2-4-6-13)12-18(24-19)21-9-10-25/h2-8,11-12,25H,9-10H2,1H3,(H2,21,22,23,24). The molecule has 0 aliphatic heterocycles. The molecule has 0 saturated carbocycles. The molecule has 0 unspecified atom stereocenters. The van der Waals surface area contributed by atoms with Gasteiger partial charge in [-0.05, 0) is 18.2 Å². The van der Waals surface area contributed by atoms with Crippen LogP contribution in [0.2, 0.25) is 5.02 Å². The third kappa shape index (κ3) is 4.41. The van der Waals surface area contributed by atoms with Crippen LogP contribution < -0.4 is 15.4 Å². The average molecular weight is 371 g/mol. The molecule has 0 radical (unpaired) electrons. The predicted octanol–water partition coefficient (Wildman–Crippen LogP) is 3.95. The number of nitrogens with one attached hydrogen (secondary N) is 2. The van der Waals surface area contributed by atoms with Crippen LogP contribution in [0.3, 0.4) is 0 Å². The summed E-state index contributed by atoms with van der Waals surface area (Å²) in [4.78, 5) is 9.03. The van der Waals surface area contributed by atoms with Crippen LogP contribution in [0.5, 0.6) is 5.75 Å². The lowest BCUT2D eigenvalue weighted by Crippen LogP contribution is -2.09. The predicted molar refractivity (Wildman–Crippen MR) is 104 cm³/mol. The lowest BCUT2D eigenvalue weighted by atomic mass is 10.1. The molecule has 0 amide bonds. The maximum atomic E-state index is 9.05. The molecule has 1 aromatic heterocycles. The number of aliphatic hydroxyl groups excluding tert-OH is 1. The highest BCUT2D eigenvalue weighted by Gasteiger charge is 2.08. The highest BCUT2D eigenvalue weighted by atomic mass is 35.5. The summed E-state index contributed by atoms with van der Waals surface area (Å²) < 4.78 is 5.17. The minimum atomic E-state index is 0.0154. The number of hydrogen-bond donors (Lipinski definition) is 3. The van der Waals surface area contributed by atoms with Gasteiger partial charge in [0.15, 0.2) is 0 Å². The number of nitrogens with zero attached hydrogens (tertiary/aromatic N) is 2. The van der Waals surface area contributed by atoms with Gasteiger partial charge in [0, 0.05) is 23.9 Å². The SMILES string of the molecule is COc1ccc(Nc2nc(NCCO)cc(-c3ccccc3)n2)cc1Cl. The number of rotatable bonds is 7. The van der Waals surface area contributed by atoms with Crippen LogP contribution in [-0.4, -0.2) is 35.3 Å². The first kappa shape index (κ1) is 18.0. The van der Waals surface area contributed by atoms with E-state index in [2.05, 4.69) is 20.6 Å². The van der Waals surface area contributed by atoms with Gasteiger partial charge in [0.05, 0.1) is 24.4 Å². The quantitative estimate of drug-likeness (QED) is 0.584. The Morgan fingerprint density at radius 3 is 2.58 bits per heavy atom. The molecule has 0 bridgehead atoms. The molecule has 1 heterocycles. The molecule has 3 N–H and O–H groups in total. The normalized spacial score (nSPS) is 10.4. The van der Waals surface area contributed by atoms with E-state index in [9.17, 15) is 0 Å². The Labute approximate surface area is 156 Å².